The zero-order valence-corrected chi connectivity index (χ0v) is 15.7. The van der Waals surface area contributed by atoms with E-state index in [0.29, 0.717) is 17.7 Å². The number of anilines is 1. The largest absolute Gasteiger partial charge is 0.465 e. The summed E-state index contributed by atoms with van der Waals surface area (Å²) in [6, 6.07) is 5.21. The Kier molecular flexibility index (Phi) is 5.49. The molecule has 0 N–H and O–H groups in total. The number of rotatable bonds is 5. The van der Waals surface area contributed by atoms with Crippen molar-refractivity contribution in [3.8, 4) is 0 Å². The fraction of sp³-hybridized carbons (Fsp3) is 0.474. The molecule has 3 amide bonds. The lowest BCUT2D eigenvalue weighted by Gasteiger charge is -2.40. The molecular weight excluding hydrogens is 336 g/mol. The molecule has 1 aromatic rings. The van der Waals surface area contributed by atoms with Crippen molar-refractivity contribution in [3.63, 3.8) is 0 Å². The number of benzene rings is 1. The third-order valence-electron chi connectivity index (χ3n) is 4.84. The number of methoxy groups -OCH3 is 1. The third kappa shape index (κ3) is 3.47. The number of hydrogen-bond donors (Lipinski definition) is 0. The van der Waals surface area contributed by atoms with Gasteiger partial charge in [0.2, 0.25) is 11.8 Å². The van der Waals surface area contributed by atoms with Gasteiger partial charge in [-0.2, -0.15) is 0 Å². The summed E-state index contributed by atoms with van der Waals surface area (Å²) in [4.78, 5) is 51.7. The van der Waals surface area contributed by atoms with Gasteiger partial charge in [0.1, 0.15) is 6.04 Å². The van der Waals surface area contributed by atoms with E-state index in [1.165, 1.54) is 43.2 Å². The first kappa shape index (κ1) is 19.6. The normalized spacial score (nSPS) is 17.4. The van der Waals surface area contributed by atoms with E-state index >= 15 is 0 Å². The molecule has 0 aliphatic carbocycles. The zero-order chi connectivity index (χ0) is 19.6. The quantitative estimate of drug-likeness (QED) is 0.593. The van der Waals surface area contributed by atoms with Crippen LogP contribution >= 0.6 is 0 Å². The molecule has 0 bridgehead atoms. The van der Waals surface area contributed by atoms with Crippen LogP contribution in [0, 0.1) is 0 Å². The maximum Gasteiger partial charge on any atom is 0.337 e. The van der Waals surface area contributed by atoms with Crippen molar-refractivity contribution in [2.75, 3.05) is 12.0 Å². The number of carbonyl (C=O) groups is 4. The van der Waals surface area contributed by atoms with Crippen molar-refractivity contribution in [2.45, 2.75) is 52.1 Å². The van der Waals surface area contributed by atoms with Gasteiger partial charge in [0, 0.05) is 12.5 Å². The zero-order valence-electron chi connectivity index (χ0n) is 15.7. The summed E-state index contributed by atoms with van der Waals surface area (Å²) in [6.07, 6.45) is 0.596. The van der Waals surface area contributed by atoms with Gasteiger partial charge in [0.05, 0.1) is 24.8 Å². The molecule has 26 heavy (non-hydrogen) atoms. The molecule has 1 aromatic carbocycles. The molecule has 1 atom stereocenters. The van der Waals surface area contributed by atoms with Gasteiger partial charge >= 0.3 is 5.97 Å². The Hall–Kier alpha value is -2.70. The molecule has 1 saturated heterocycles. The van der Waals surface area contributed by atoms with Crippen LogP contribution in [0.4, 0.5) is 5.69 Å². The Morgan fingerprint density at radius 3 is 2.27 bits per heavy atom. The number of hydrogen-bond acceptors (Lipinski definition) is 5. The molecule has 7 nitrogen and oxygen atoms in total. The maximum atomic E-state index is 12.9. The molecule has 2 rings (SSSR count). The molecule has 140 valence electrons. The molecule has 7 heteroatoms. The summed E-state index contributed by atoms with van der Waals surface area (Å²) in [7, 11) is 1.28. The van der Waals surface area contributed by atoms with Crippen LogP contribution in [-0.4, -0.2) is 47.3 Å². The average Bonchev–Trinajstić information content (AvgIpc) is 2.88. The molecule has 1 aliphatic rings. The summed E-state index contributed by atoms with van der Waals surface area (Å²) < 4.78 is 4.64. The molecule has 1 fully saturated rings. The molecule has 0 radical (unpaired) electrons. The number of nitrogens with zero attached hydrogens (tertiary/aromatic N) is 2. The van der Waals surface area contributed by atoms with Crippen LogP contribution < -0.4 is 4.90 Å². The minimum Gasteiger partial charge on any atom is -0.465 e. The number of amides is 3. The second-order valence-electron chi connectivity index (χ2n) is 6.88. The van der Waals surface area contributed by atoms with Crippen LogP contribution in [0.3, 0.4) is 0 Å². The monoisotopic (exact) mass is 360 g/mol. The summed E-state index contributed by atoms with van der Waals surface area (Å²) in [5, 5.41) is 0. The smallest absolute Gasteiger partial charge is 0.337 e. The Balaban J connectivity index is 2.33. The SMILES string of the molecule is CCC(C)(C)N(C(C)=O)C1CC(=O)N(c2ccc(C(=O)OC)cc2)C1=O. The van der Waals surface area contributed by atoms with Crippen molar-refractivity contribution >= 4 is 29.4 Å². The summed E-state index contributed by atoms with van der Waals surface area (Å²) in [6.45, 7) is 7.09. The van der Waals surface area contributed by atoms with Gasteiger partial charge in [0.15, 0.2) is 0 Å². The first-order valence-electron chi connectivity index (χ1n) is 8.49. The van der Waals surface area contributed by atoms with Crippen LogP contribution in [0.1, 0.15) is 50.9 Å². The van der Waals surface area contributed by atoms with E-state index < -0.39 is 23.5 Å². The van der Waals surface area contributed by atoms with Crippen LogP contribution in [0.15, 0.2) is 24.3 Å². The Morgan fingerprint density at radius 1 is 1.23 bits per heavy atom. The lowest BCUT2D eigenvalue weighted by Crippen LogP contribution is -2.54. The molecule has 1 heterocycles. The van der Waals surface area contributed by atoms with E-state index in [9.17, 15) is 19.2 Å². The van der Waals surface area contributed by atoms with Gasteiger partial charge in [-0.25, -0.2) is 9.69 Å². The lowest BCUT2D eigenvalue weighted by molar-refractivity contribution is -0.142. The van der Waals surface area contributed by atoms with Gasteiger partial charge in [-0.3, -0.25) is 14.4 Å². The number of ether oxygens (including phenoxy) is 1. The van der Waals surface area contributed by atoms with Crippen LogP contribution in [0.25, 0.3) is 0 Å². The predicted octanol–water partition coefficient (Wildman–Crippen LogP) is 2.14. The lowest BCUT2D eigenvalue weighted by atomic mass is 9.96. The van der Waals surface area contributed by atoms with E-state index in [4.69, 9.17) is 0 Å². The van der Waals surface area contributed by atoms with Gasteiger partial charge in [-0.05, 0) is 44.5 Å². The van der Waals surface area contributed by atoms with E-state index in [-0.39, 0.29) is 18.2 Å². The van der Waals surface area contributed by atoms with Gasteiger partial charge < -0.3 is 9.64 Å². The minimum absolute atomic E-state index is 0.0550. The van der Waals surface area contributed by atoms with Crippen LogP contribution in [0.2, 0.25) is 0 Å². The fourth-order valence-electron chi connectivity index (χ4n) is 3.19. The maximum absolute atomic E-state index is 12.9. The fourth-order valence-corrected chi connectivity index (χ4v) is 3.19. The van der Waals surface area contributed by atoms with Gasteiger partial charge in [-0.1, -0.05) is 6.92 Å². The van der Waals surface area contributed by atoms with E-state index in [1.54, 1.807) is 0 Å². The first-order chi connectivity index (χ1) is 12.1. The average molecular weight is 360 g/mol. The highest BCUT2D eigenvalue weighted by Gasteiger charge is 2.47. The Morgan fingerprint density at radius 2 is 1.81 bits per heavy atom. The van der Waals surface area contributed by atoms with Crippen LogP contribution in [-0.2, 0) is 19.1 Å². The number of esters is 1. The summed E-state index contributed by atoms with van der Waals surface area (Å²) in [5.74, 6) is -1.55. The van der Waals surface area contributed by atoms with Crippen LogP contribution in [0.5, 0.6) is 0 Å². The van der Waals surface area contributed by atoms with E-state index in [0.717, 1.165) is 4.90 Å². The molecular formula is C19H24N2O5. The molecule has 1 aliphatic heterocycles. The van der Waals surface area contributed by atoms with Crippen molar-refractivity contribution in [1.82, 2.24) is 4.90 Å². The molecule has 0 saturated carbocycles. The van der Waals surface area contributed by atoms with E-state index in [1.807, 2.05) is 20.8 Å². The van der Waals surface area contributed by atoms with E-state index in [2.05, 4.69) is 4.74 Å². The van der Waals surface area contributed by atoms with Crippen molar-refractivity contribution in [1.29, 1.82) is 0 Å². The van der Waals surface area contributed by atoms with Crippen molar-refractivity contribution < 1.29 is 23.9 Å². The molecule has 0 aromatic heterocycles. The number of imide groups is 1. The second-order valence-corrected chi connectivity index (χ2v) is 6.88. The summed E-state index contributed by atoms with van der Waals surface area (Å²) in [5.41, 5.74) is 0.148. The topological polar surface area (TPSA) is 84.0 Å². The Labute approximate surface area is 152 Å². The Bertz CT molecular complexity index is 739. The molecule has 1 unspecified atom stereocenters. The minimum atomic E-state index is -0.824. The van der Waals surface area contributed by atoms with Crippen molar-refractivity contribution in [2.24, 2.45) is 0 Å². The number of carbonyl (C=O) groups excluding carboxylic acids is 4. The first-order valence-corrected chi connectivity index (χ1v) is 8.49. The predicted molar refractivity (Wildman–Crippen MR) is 95.6 cm³/mol. The standard InChI is InChI=1S/C19H24N2O5/c1-6-19(3,4)21(12(2)22)15-11-16(23)20(17(15)24)14-9-7-13(8-10-14)18(25)26-5/h7-10,15H,6,11H2,1-5H3. The second kappa shape index (κ2) is 7.27. The van der Waals surface area contributed by atoms with Crippen molar-refractivity contribution in [3.05, 3.63) is 29.8 Å². The van der Waals surface area contributed by atoms with Gasteiger partial charge in [0.25, 0.3) is 5.91 Å². The van der Waals surface area contributed by atoms with Gasteiger partial charge in [-0.15, -0.1) is 0 Å². The highest BCUT2D eigenvalue weighted by atomic mass is 16.5. The summed E-state index contributed by atoms with van der Waals surface area (Å²) >= 11 is 0. The highest BCUT2D eigenvalue weighted by Crippen LogP contribution is 2.31. The molecule has 0 spiro atoms. The third-order valence-corrected chi connectivity index (χ3v) is 4.84. The highest BCUT2D eigenvalue weighted by molar-refractivity contribution is 6.23.